The van der Waals surface area contributed by atoms with Crippen molar-refractivity contribution in [1.82, 2.24) is 9.88 Å². The molecule has 110 valence electrons. The number of nitrogens with zero attached hydrogens (tertiary/aromatic N) is 2. The maximum atomic E-state index is 11.3. The van der Waals surface area contributed by atoms with Crippen molar-refractivity contribution in [2.24, 2.45) is 5.92 Å². The first kappa shape index (κ1) is 13.8. The summed E-state index contributed by atoms with van der Waals surface area (Å²) in [5.41, 5.74) is 0.887. The highest BCUT2D eigenvalue weighted by Gasteiger charge is 2.32. The zero-order chi connectivity index (χ0) is 14.7. The van der Waals surface area contributed by atoms with E-state index < -0.39 is 5.97 Å². The monoisotopic (exact) mass is 286 g/mol. The second-order valence-electron chi connectivity index (χ2n) is 5.34. The number of carboxylic acids is 1. The Bertz CT molecular complexity index is 583. The maximum Gasteiger partial charge on any atom is 0.307 e. The van der Waals surface area contributed by atoms with E-state index >= 15 is 0 Å². The average Bonchev–Trinajstić information content (AvgIpc) is 3.03. The molecule has 2 unspecified atom stereocenters. The summed E-state index contributed by atoms with van der Waals surface area (Å²) in [5.74, 6) is -0.237. The molecular weight excluding hydrogens is 268 g/mol. The van der Waals surface area contributed by atoms with Gasteiger partial charge in [-0.3, -0.25) is 14.7 Å². The van der Waals surface area contributed by atoms with Crippen LogP contribution in [-0.4, -0.2) is 34.0 Å². The molecule has 1 aliphatic heterocycles. The van der Waals surface area contributed by atoms with Gasteiger partial charge in [-0.1, -0.05) is 6.07 Å². The summed E-state index contributed by atoms with van der Waals surface area (Å²) in [6.07, 6.45) is 5.01. The van der Waals surface area contributed by atoms with Crippen LogP contribution in [0.15, 0.2) is 47.2 Å². The minimum atomic E-state index is -0.723. The van der Waals surface area contributed by atoms with Crippen molar-refractivity contribution in [2.75, 3.05) is 13.1 Å². The van der Waals surface area contributed by atoms with Crippen molar-refractivity contribution < 1.29 is 14.3 Å². The number of carboxylic acid groups (broad SMARTS) is 1. The number of hydrogen-bond acceptors (Lipinski definition) is 4. The van der Waals surface area contributed by atoms with E-state index in [9.17, 15) is 9.90 Å². The Morgan fingerprint density at radius 2 is 2.29 bits per heavy atom. The number of likely N-dealkylation sites (tertiary alicyclic amines) is 1. The lowest BCUT2D eigenvalue weighted by atomic mass is 9.95. The standard InChI is InChI=1S/C16H18N2O3/c19-16(20)12-5-3-9-18(11-12)15(14-7-4-10-21-14)13-6-1-2-8-17-13/h1-2,4,6-8,10,12,15H,3,5,9,11H2,(H,19,20). The van der Waals surface area contributed by atoms with Crippen LogP contribution in [0, 0.1) is 5.92 Å². The lowest BCUT2D eigenvalue weighted by molar-refractivity contribution is -0.143. The summed E-state index contributed by atoms with van der Waals surface area (Å²) in [6.45, 7) is 1.38. The van der Waals surface area contributed by atoms with Crippen LogP contribution < -0.4 is 0 Å². The molecule has 0 saturated carbocycles. The van der Waals surface area contributed by atoms with Gasteiger partial charge in [0.1, 0.15) is 11.8 Å². The fourth-order valence-electron chi connectivity index (χ4n) is 2.94. The minimum absolute atomic E-state index is 0.122. The third-order valence-electron chi connectivity index (χ3n) is 3.95. The highest BCUT2D eigenvalue weighted by Crippen LogP contribution is 2.31. The highest BCUT2D eigenvalue weighted by atomic mass is 16.4. The Hall–Kier alpha value is -2.14. The Kier molecular flexibility index (Phi) is 4.01. The quantitative estimate of drug-likeness (QED) is 0.935. The van der Waals surface area contributed by atoms with Crippen LogP contribution in [0.3, 0.4) is 0 Å². The maximum absolute atomic E-state index is 11.3. The van der Waals surface area contributed by atoms with Gasteiger partial charge >= 0.3 is 5.97 Å². The van der Waals surface area contributed by atoms with E-state index in [1.165, 1.54) is 0 Å². The van der Waals surface area contributed by atoms with Gasteiger partial charge in [0.25, 0.3) is 0 Å². The minimum Gasteiger partial charge on any atom is -0.481 e. The second-order valence-corrected chi connectivity index (χ2v) is 5.34. The molecule has 0 bridgehead atoms. The van der Waals surface area contributed by atoms with Gasteiger partial charge in [-0.15, -0.1) is 0 Å². The molecule has 0 spiro atoms. The van der Waals surface area contributed by atoms with Gasteiger partial charge in [-0.05, 0) is 43.7 Å². The highest BCUT2D eigenvalue weighted by molar-refractivity contribution is 5.70. The average molecular weight is 286 g/mol. The molecule has 2 atom stereocenters. The molecule has 3 rings (SSSR count). The largest absolute Gasteiger partial charge is 0.481 e. The zero-order valence-electron chi connectivity index (χ0n) is 11.7. The summed E-state index contributed by atoms with van der Waals surface area (Å²) in [7, 11) is 0. The summed E-state index contributed by atoms with van der Waals surface area (Å²) >= 11 is 0. The molecule has 1 saturated heterocycles. The van der Waals surface area contributed by atoms with E-state index in [1.54, 1.807) is 12.5 Å². The number of carbonyl (C=O) groups is 1. The van der Waals surface area contributed by atoms with Gasteiger partial charge in [0.2, 0.25) is 0 Å². The Balaban J connectivity index is 1.91. The van der Waals surface area contributed by atoms with Gasteiger partial charge in [0.15, 0.2) is 0 Å². The van der Waals surface area contributed by atoms with Crippen molar-refractivity contribution in [3.8, 4) is 0 Å². The Labute approximate surface area is 123 Å². The molecule has 0 aliphatic carbocycles. The van der Waals surface area contributed by atoms with Crippen molar-refractivity contribution in [1.29, 1.82) is 0 Å². The molecule has 1 aliphatic rings. The van der Waals surface area contributed by atoms with Crippen molar-refractivity contribution >= 4 is 5.97 Å². The van der Waals surface area contributed by atoms with E-state index in [0.717, 1.165) is 30.8 Å². The van der Waals surface area contributed by atoms with Gasteiger partial charge in [0, 0.05) is 12.7 Å². The lowest BCUT2D eigenvalue weighted by Crippen LogP contribution is -2.41. The SMILES string of the molecule is O=C(O)C1CCCN(C(c2ccccn2)c2ccco2)C1. The summed E-state index contributed by atoms with van der Waals surface area (Å²) < 4.78 is 5.57. The number of hydrogen-bond donors (Lipinski definition) is 1. The number of pyridine rings is 1. The van der Waals surface area contributed by atoms with E-state index in [-0.39, 0.29) is 12.0 Å². The van der Waals surface area contributed by atoms with E-state index in [4.69, 9.17) is 4.42 Å². The summed E-state index contributed by atoms with van der Waals surface area (Å²) in [6, 6.07) is 9.42. The van der Waals surface area contributed by atoms with E-state index in [2.05, 4.69) is 9.88 Å². The van der Waals surface area contributed by atoms with Crippen LogP contribution >= 0.6 is 0 Å². The molecule has 0 amide bonds. The molecule has 1 fully saturated rings. The molecule has 0 radical (unpaired) electrons. The van der Waals surface area contributed by atoms with Crippen molar-refractivity contribution in [3.63, 3.8) is 0 Å². The topological polar surface area (TPSA) is 66.6 Å². The summed E-state index contributed by atoms with van der Waals surface area (Å²) in [5, 5.41) is 9.27. The van der Waals surface area contributed by atoms with Gasteiger partial charge in [0.05, 0.1) is 17.9 Å². The number of piperidine rings is 1. The number of aliphatic carboxylic acids is 1. The molecule has 0 aromatic carbocycles. The molecule has 5 nitrogen and oxygen atoms in total. The molecular formula is C16H18N2O3. The van der Waals surface area contributed by atoms with Crippen LogP contribution in [0.5, 0.6) is 0 Å². The van der Waals surface area contributed by atoms with Crippen molar-refractivity contribution in [3.05, 3.63) is 54.2 Å². The van der Waals surface area contributed by atoms with Crippen LogP contribution in [0.25, 0.3) is 0 Å². The first-order valence-corrected chi connectivity index (χ1v) is 7.17. The first-order chi connectivity index (χ1) is 10.3. The van der Waals surface area contributed by atoms with Gasteiger partial charge < -0.3 is 9.52 Å². The van der Waals surface area contributed by atoms with Crippen molar-refractivity contribution in [2.45, 2.75) is 18.9 Å². The van der Waals surface area contributed by atoms with Gasteiger partial charge in [-0.25, -0.2) is 0 Å². The van der Waals surface area contributed by atoms with Crippen LogP contribution in [0.2, 0.25) is 0 Å². The molecule has 5 heteroatoms. The Morgan fingerprint density at radius 3 is 2.95 bits per heavy atom. The molecule has 3 heterocycles. The number of rotatable bonds is 4. The molecule has 2 aromatic rings. The predicted molar refractivity (Wildman–Crippen MR) is 76.7 cm³/mol. The van der Waals surface area contributed by atoms with Gasteiger partial charge in [-0.2, -0.15) is 0 Å². The number of aromatic nitrogens is 1. The molecule has 1 N–H and O–H groups in total. The van der Waals surface area contributed by atoms with E-state index in [1.807, 2.05) is 30.3 Å². The fraction of sp³-hybridized carbons (Fsp3) is 0.375. The fourth-order valence-corrected chi connectivity index (χ4v) is 2.94. The van der Waals surface area contributed by atoms with Crippen LogP contribution in [-0.2, 0) is 4.79 Å². The smallest absolute Gasteiger partial charge is 0.307 e. The predicted octanol–water partition coefficient (Wildman–Crippen LogP) is 2.56. The second kappa shape index (κ2) is 6.10. The summed E-state index contributed by atoms with van der Waals surface area (Å²) in [4.78, 5) is 17.9. The first-order valence-electron chi connectivity index (χ1n) is 7.17. The van der Waals surface area contributed by atoms with Crippen LogP contribution in [0.4, 0.5) is 0 Å². The zero-order valence-corrected chi connectivity index (χ0v) is 11.7. The third-order valence-corrected chi connectivity index (χ3v) is 3.95. The lowest BCUT2D eigenvalue weighted by Gasteiger charge is -2.35. The molecule has 2 aromatic heterocycles. The number of furan rings is 1. The Morgan fingerprint density at radius 1 is 1.38 bits per heavy atom. The third kappa shape index (κ3) is 2.97. The van der Waals surface area contributed by atoms with Crippen LogP contribution in [0.1, 0.15) is 30.3 Å². The molecule has 21 heavy (non-hydrogen) atoms. The van der Waals surface area contributed by atoms with E-state index in [0.29, 0.717) is 6.54 Å². The normalized spacial score (nSPS) is 21.0.